The monoisotopic (exact) mass is 400 g/mol. The van der Waals surface area contributed by atoms with Crippen LogP contribution in [0.15, 0.2) is 36.4 Å². The first-order chi connectivity index (χ1) is 9.06. The maximum absolute atomic E-state index is 6.35. The van der Waals surface area contributed by atoms with E-state index in [0.717, 1.165) is 20.3 Å². The highest BCUT2D eigenvalue weighted by Crippen LogP contribution is 2.27. The lowest BCUT2D eigenvalue weighted by Gasteiger charge is -2.07. The number of aromatic amines is 1. The van der Waals surface area contributed by atoms with Gasteiger partial charge in [0.25, 0.3) is 0 Å². The van der Waals surface area contributed by atoms with Crippen LogP contribution in [0.2, 0.25) is 5.02 Å². The SMILES string of the molecule is Cc1ccc2[nH]c(=S)n(-c3ccc(I)cc3Cl)c2c1. The number of aryl methyl sites for hydroxylation is 1. The summed E-state index contributed by atoms with van der Waals surface area (Å²) in [6.07, 6.45) is 0. The second kappa shape index (κ2) is 4.92. The first-order valence-corrected chi connectivity index (χ1v) is 7.59. The zero-order valence-corrected chi connectivity index (χ0v) is 13.8. The molecular weight excluding hydrogens is 391 g/mol. The van der Waals surface area contributed by atoms with Crippen LogP contribution in [0.3, 0.4) is 0 Å². The fourth-order valence-electron chi connectivity index (χ4n) is 2.11. The average Bonchev–Trinajstić information content (AvgIpc) is 2.65. The molecule has 19 heavy (non-hydrogen) atoms. The summed E-state index contributed by atoms with van der Waals surface area (Å²) < 4.78 is 3.74. The second-order valence-electron chi connectivity index (χ2n) is 4.38. The van der Waals surface area contributed by atoms with Crippen molar-refractivity contribution in [3.8, 4) is 5.69 Å². The van der Waals surface area contributed by atoms with Gasteiger partial charge >= 0.3 is 0 Å². The lowest BCUT2D eigenvalue weighted by Crippen LogP contribution is -1.95. The lowest BCUT2D eigenvalue weighted by atomic mass is 10.2. The summed E-state index contributed by atoms with van der Waals surface area (Å²) in [5.74, 6) is 0. The summed E-state index contributed by atoms with van der Waals surface area (Å²) in [5, 5.41) is 0.699. The highest BCUT2D eigenvalue weighted by molar-refractivity contribution is 14.1. The van der Waals surface area contributed by atoms with E-state index in [1.54, 1.807) is 0 Å². The van der Waals surface area contributed by atoms with E-state index in [1.807, 2.05) is 28.8 Å². The summed E-state index contributed by atoms with van der Waals surface area (Å²) >= 11 is 14.0. The van der Waals surface area contributed by atoms with Crippen LogP contribution in [0, 0.1) is 15.3 Å². The van der Waals surface area contributed by atoms with Crippen molar-refractivity contribution in [1.29, 1.82) is 0 Å². The molecule has 0 spiro atoms. The maximum atomic E-state index is 6.35. The minimum Gasteiger partial charge on any atom is -0.330 e. The third kappa shape index (κ3) is 2.32. The molecule has 1 heterocycles. The van der Waals surface area contributed by atoms with Gasteiger partial charge in [0.2, 0.25) is 0 Å². The molecule has 0 amide bonds. The molecule has 0 aliphatic rings. The van der Waals surface area contributed by atoms with Crippen molar-refractivity contribution in [1.82, 2.24) is 9.55 Å². The van der Waals surface area contributed by atoms with E-state index < -0.39 is 0 Å². The van der Waals surface area contributed by atoms with Crippen LogP contribution in [0.1, 0.15) is 5.56 Å². The Labute approximate surface area is 134 Å². The molecule has 0 fully saturated rings. The number of imidazole rings is 1. The van der Waals surface area contributed by atoms with E-state index in [9.17, 15) is 0 Å². The van der Waals surface area contributed by atoms with Crippen molar-refractivity contribution >= 4 is 57.4 Å². The number of hydrogen-bond donors (Lipinski definition) is 1. The van der Waals surface area contributed by atoms with Crippen molar-refractivity contribution in [2.75, 3.05) is 0 Å². The first kappa shape index (κ1) is 13.1. The van der Waals surface area contributed by atoms with Gasteiger partial charge in [-0.25, -0.2) is 0 Å². The predicted octanol–water partition coefficient (Wildman–Crippen LogP) is 5.25. The molecule has 5 heteroatoms. The van der Waals surface area contributed by atoms with Crippen LogP contribution in [-0.4, -0.2) is 9.55 Å². The lowest BCUT2D eigenvalue weighted by molar-refractivity contribution is 1.06. The zero-order valence-electron chi connectivity index (χ0n) is 10.1. The molecule has 2 aromatic carbocycles. The van der Waals surface area contributed by atoms with Gasteiger partial charge in [-0.1, -0.05) is 17.7 Å². The Balaban J connectivity index is 2.38. The molecule has 0 unspecified atom stereocenters. The summed E-state index contributed by atoms with van der Waals surface area (Å²) in [7, 11) is 0. The minimum absolute atomic E-state index is 0.656. The third-order valence-electron chi connectivity index (χ3n) is 2.99. The summed E-state index contributed by atoms with van der Waals surface area (Å²) in [5.41, 5.74) is 4.17. The predicted molar refractivity (Wildman–Crippen MR) is 90.9 cm³/mol. The smallest absolute Gasteiger partial charge is 0.182 e. The number of hydrogen-bond acceptors (Lipinski definition) is 1. The van der Waals surface area contributed by atoms with Crippen molar-refractivity contribution in [2.24, 2.45) is 0 Å². The minimum atomic E-state index is 0.656. The highest BCUT2D eigenvalue weighted by Gasteiger charge is 2.10. The van der Waals surface area contributed by atoms with E-state index in [1.165, 1.54) is 5.56 Å². The molecule has 0 aliphatic heterocycles. The molecule has 2 nitrogen and oxygen atoms in total. The van der Waals surface area contributed by atoms with Crippen LogP contribution in [-0.2, 0) is 0 Å². The van der Waals surface area contributed by atoms with E-state index >= 15 is 0 Å². The molecule has 0 saturated carbocycles. The molecular formula is C14H10ClIN2S. The van der Waals surface area contributed by atoms with Crippen LogP contribution >= 0.6 is 46.4 Å². The number of benzene rings is 2. The number of H-pyrrole nitrogens is 1. The molecule has 3 aromatic rings. The third-order valence-corrected chi connectivity index (χ3v) is 4.25. The zero-order chi connectivity index (χ0) is 13.6. The van der Waals surface area contributed by atoms with E-state index in [4.69, 9.17) is 23.8 Å². The topological polar surface area (TPSA) is 20.7 Å². The van der Waals surface area contributed by atoms with Gasteiger partial charge in [-0.15, -0.1) is 0 Å². The average molecular weight is 401 g/mol. The van der Waals surface area contributed by atoms with Crippen LogP contribution in [0.25, 0.3) is 16.7 Å². The first-order valence-electron chi connectivity index (χ1n) is 5.73. The van der Waals surface area contributed by atoms with Gasteiger partial charge in [-0.05, 0) is 77.6 Å². The second-order valence-corrected chi connectivity index (χ2v) is 6.42. The molecule has 3 rings (SSSR count). The molecule has 0 bridgehead atoms. The Kier molecular flexibility index (Phi) is 3.41. The van der Waals surface area contributed by atoms with Crippen molar-refractivity contribution in [3.05, 3.63) is 55.3 Å². The van der Waals surface area contributed by atoms with Crippen molar-refractivity contribution in [3.63, 3.8) is 0 Å². The van der Waals surface area contributed by atoms with Gasteiger partial charge < -0.3 is 4.98 Å². The highest BCUT2D eigenvalue weighted by atomic mass is 127. The van der Waals surface area contributed by atoms with Crippen LogP contribution in [0.4, 0.5) is 0 Å². The van der Waals surface area contributed by atoms with Gasteiger partial charge in [0.15, 0.2) is 4.77 Å². The number of halogens is 2. The largest absolute Gasteiger partial charge is 0.330 e. The van der Waals surface area contributed by atoms with Crippen LogP contribution < -0.4 is 0 Å². The summed E-state index contributed by atoms with van der Waals surface area (Å²) in [4.78, 5) is 3.21. The van der Waals surface area contributed by atoms with Gasteiger partial charge in [-0.2, -0.15) is 0 Å². The number of nitrogens with one attached hydrogen (secondary N) is 1. The number of aromatic nitrogens is 2. The molecule has 0 saturated heterocycles. The van der Waals surface area contributed by atoms with Crippen molar-refractivity contribution in [2.45, 2.75) is 6.92 Å². The number of nitrogens with zero attached hydrogens (tertiary/aromatic N) is 1. The quantitative estimate of drug-likeness (QED) is 0.437. The fourth-order valence-corrected chi connectivity index (χ4v) is 3.36. The van der Waals surface area contributed by atoms with Gasteiger partial charge in [0.05, 0.1) is 21.7 Å². The summed E-state index contributed by atoms with van der Waals surface area (Å²) in [6, 6.07) is 12.2. The molecule has 1 aromatic heterocycles. The van der Waals surface area contributed by atoms with Gasteiger partial charge in [0.1, 0.15) is 0 Å². The molecule has 96 valence electrons. The van der Waals surface area contributed by atoms with E-state index in [2.05, 4.69) is 46.6 Å². The van der Waals surface area contributed by atoms with Gasteiger partial charge in [-0.3, -0.25) is 4.57 Å². The standard InChI is InChI=1S/C14H10ClIN2S/c1-8-2-4-11-13(6-8)18(14(19)17-11)12-5-3-9(16)7-10(12)15/h2-7H,1H3,(H,17,19). The molecule has 0 radical (unpaired) electrons. The Morgan fingerprint density at radius 3 is 2.74 bits per heavy atom. The van der Waals surface area contributed by atoms with E-state index in [0.29, 0.717) is 9.79 Å². The maximum Gasteiger partial charge on any atom is 0.182 e. The Morgan fingerprint density at radius 1 is 1.21 bits per heavy atom. The molecule has 0 atom stereocenters. The number of fused-ring (bicyclic) bond motifs is 1. The molecule has 1 N–H and O–H groups in total. The Hall–Kier alpha value is -0.850. The Morgan fingerprint density at radius 2 is 2.00 bits per heavy atom. The van der Waals surface area contributed by atoms with Crippen LogP contribution in [0.5, 0.6) is 0 Å². The summed E-state index contributed by atoms with van der Waals surface area (Å²) in [6.45, 7) is 2.06. The molecule has 0 aliphatic carbocycles. The van der Waals surface area contributed by atoms with Gasteiger partial charge in [0, 0.05) is 3.57 Å². The van der Waals surface area contributed by atoms with Crippen molar-refractivity contribution < 1.29 is 0 Å². The van der Waals surface area contributed by atoms with E-state index in [-0.39, 0.29) is 0 Å². The fraction of sp³-hybridized carbons (Fsp3) is 0.0714. The normalized spacial score (nSPS) is 11.1. The number of rotatable bonds is 1. The Bertz CT molecular complexity index is 835.